The zero-order chi connectivity index (χ0) is 9.15. The molecule has 0 bridgehead atoms. The monoisotopic (exact) mass is 150 g/mol. The molecular weight excluding hydrogens is 136 g/mol. The highest BCUT2D eigenvalue weighted by atomic mass is 16.4. The average molecular weight is 150 g/mol. The molecule has 0 saturated heterocycles. The van der Waals surface area contributed by atoms with Gasteiger partial charge in [0, 0.05) is 14.0 Å². The molecule has 0 amide bonds. The van der Waals surface area contributed by atoms with Gasteiger partial charge < -0.3 is 15.0 Å². The number of aliphatic hydroxyl groups is 1. The van der Waals surface area contributed by atoms with Crippen LogP contribution in [0.2, 0.25) is 0 Å². The van der Waals surface area contributed by atoms with E-state index >= 15 is 0 Å². The highest BCUT2D eigenvalue weighted by molar-refractivity contribution is 5.72. The summed E-state index contributed by atoms with van der Waals surface area (Å²) in [4.78, 5) is 18.4. The van der Waals surface area contributed by atoms with Gasteiger partial charge in [0.15, 0.2) is 0 Å². The van der Waals surface area contributed by atoms with E-state index in [1.165, 1.54) is 13.8 Å². The van der Waals surface area contributed by atoms with Crippen LogP contribution in [0.3, 0.4) is 0 Å². The fourth-order valence-electron chi connectivity index (χ4n) is 0. The molecular formula is C6H14O4. The van der Waals surface area contributed by atoms with Crippen LogP contribution >= 0.6 is 0 Å². The summed E-state index contributed by atoms with van der Waals surface area (Å²) in [6.07, 6.45) is 0. The summed E-state index contributed by atoms with van der Waals surface area (Å²) in [5.74, 6) is -0.667. The Morgan fingerprint density at radius 1 is 1.00 bits per heavy atom. The molecule has 0 aromatic heterocycles. The number of carboxylic acid groups (broad SMARTS) is 1. The SMILES string of the molecule is CC(=O)O.CC(C)=O.CO. The molecule has 10 heavy (non-hydrogen) atoms. The van der Waals surface area contributed by atoms with Gasteiger partial charge in [0.1, 0.15) is 5.78 Å². The molecule has 4 heteroatoms. The van der Waals surface area contributed by atoms with Crippen LogP contribution in [0.15, 0.2) is 0 Å². The molecule has 0 saturated carbocycles. The van der Waals surface area contributed by atoms with E-state index in [2.05, 4.69) is 0 Å². The van der Waals surface area contributed by atoms with Crippen molar-refractivity contribution in [3.8, 4) is 0 Å². The second-order valence-corrected chi connectivity index (χ2v) is 1.43. The van der Waals surface area contributed by atoms with E-state index in [0.29, 0.717) is 0 Å². The Hall–Kier alpha value is -0.900. The van der Waals surface area contributed by atoms with Gasteiger partial charge in [-0.1, -0.05) is 0 Å². The third-order valence-corrected chi connectivity index (χ3v) is 0. The lowest BCUT2D eigenvalue weighted by atomic mass is 10.6. The molecule has 62 valence electrons. The number of hydrogen-bond acceptors (Lipinski definition) is 3. The summed E-state index contributed by atoms with van der Waals surface area (Å²) >= 11 is 0. The van der Waals surface area contributed by atoms with Crippen molar-refractivity contribution in [2.24, 2.45) is 0 Å². The van der Waals surface area contributed by atoms with Gasteiger partial charge >= 0.3 is 0 Å². The molecule has 0 aromatic carbocycles. The average Bonchev–Trinajstić information content (AvgIpc) is 1.66. The zero-order valence-corrected chi connectivity index (χ0v) is 6.71. The van der Waals surface area contributed by atoms with Gasteiger partial charge in [0.05, 0.1) is 0 Å². The molecule has 0 aromatic rings. The van der Waals surface area contributed by atoms with Crippen molar-refractivity contribution in [1.82, 2.24) is 0 Å². The Morgan fingerprint density at radius 3 is 1.00 bits per heavy atom. The first-order valence-corrected chi connectivity index (χ1v) is 2.58. The first kappa shape index (κ1) is 16.0. The minimum atomic E-state index is -0.833. The van der Waals surface area contributed by atoms with Gasteiger partial charge in [-0.15, -0.1) is 0 Å². The lowest BCUT2D eigenvalue weighted by Gasteiger charge is -1.59. The Morgan fingerprint density at radius 2 is 1.00 bits per heavy atom. The van der Waals surface area contributed by atoms with Crippen LogP contribution in [-0.2, 0) is 9.59 Å². The molecule has 0 fully saturated rings. The van der Waals surface area contributed by atoms with Crippen molar-refractivity contribution in [3.63, 3.8) is 0 Å². The molecule has 0 aliphatic rings. The van der Waals surface area contributed by atoms with Gasteiger partial charge in [-0.05, 0) is 13.8 Å². The third kappa shape index (κ3) is 326. The number of aliphatic carboxylic acids is 1. The number of aliphatic hydroxyl groups excluding tert-OH is 1. The van der Waals surface area contributed by atoms with Crippen LogP contribution in [0.1, 0.15) is 20.8 Å². The van der Waals surface area contributed by atoms with E-state index in [9.17, 15) is 4.79 Å². The van der Waals surface area contributed by atoms with Crippen LogP contribution in [0.4, 0.5) is 0 Å². The molecule has 2 N–H and O–H groups in total. The fourth-order valence-corrected chi connectivity index (χ4v) is 0. The van der Waals surface area contributed by atoms with Crippen molar-refractivity contribution < 1.29 is 19.8 Å². The lowest BCUT2D eigenvalue weighted by molar-refractivity contribution is -0.134. The largest absolute Gasteiger partial charge is 0.481 e. The van der Waals surface area contributed by atoms with Crippen LogP contribution < -0.4 is 0 Å². The molecule has 0 spiro atoms. The number of carbonyl (C=O) groups excluding carboxylic acids is 1. The topological polar surface area (TPSA) is 74.6 Å². The summed E-state index contributed by atoms with van der Waals surface area (Å²) < 4.78 is 0. The predicted octanol–water partition coefficient (Wildman–Crippen LogP) is 0.295. The van der Waals surface area contributed by atoms with Crippen LogP contribution in [0.25, 0.3) is 0 Å². The fraction of sp³-hybridized carbons (Fsp3) is 0.667. The number of hydrogen-bond donors (Lipinski definition) is 2. The predicted molar refractivity (Wildman–Crippen MR) is 37.8 cm³/mol. The maximum atomic E-state index is 9.44. The number of carboxylic acids is 1. The molecule has 0 heterocycles. The Bertz CT molecular complexity index is 67.7. The normalized spacial score (nSPS) is 5.70. The molecule has 0 atom stereocenters. The van der Waals surface area contributed by atoms with E-state index in [4.69, 9.17) is 15.0 Å². The van der Waals surface area contributed by atoms with Gasteiger partial charge in [-0.2, -0.15) is 0 Å². The number of carbonyl (C=O) groups is 2. The van der Waals surface area contributed by atoms with Crippen molar-refractivity contribution >= 4 is 11.8 Å². The summed E-state index contributed by atoms with van der Waals surface area (Å²) in [7, 11) is 1.00. The number of rotatable bonds is 0. The molecule has 0 unspecified atom stereocenters. The second kappa shape index (κ2) is 15.7. The van der Waals surface area contributed by atoms with E-state index < -0.39 is 5.97 Å². The molecule has 0 aliphatic carbocycles. The molecule has 0 radical (unpaired) electrons. The minimum Gasteiger partial charge on any atom is -0.481 e. The quantitative estimate of drug-likeness (QED) is 0.520. The zero-order valence-electron chi connectivity index (χ0n) is 6.71. The standard InChI is InChI=1S/C3H6O.C2H4O2.CH4O/c1-3(2)4;1-2(3)4;1-2/h1-2H3;1H3,(H,3,4);2H,1H3. The summed E-state index contributed by atoms with van der Waals surface area (Å²) in [6, 6.07) is 0. The number of Topliss-reactive ketones (excluding diaryl/α,β-unsaturated/α-hetero) is 1. The Labute approximate surface area is 60.5 Å². The Kier molecular flexibility index (Phi) is 25.2. The van der Waals surface area contributed by atoms with Crippen molar-refractivity contribution in [3.05, 3.63) is 0 Å². The van der Waals surface area contributed by atoms with Crippen LogP contribution in [-0.4, -0.2) is 29.1 Å². The van der Waals surface area contributed by atoms with Crippen molar-refractivity contribution in [2.75, 3.05) is 7.11 Å². The summed E-state index contributed by atoms with van der Waals surface area (Å²) in [5, 5.41) is 14.4. The third-order valence-electron chi connectivity index (χ3n) is 0. The highest BCUT2D eigenvalue weighted by Gasteiger charge is 1.65. The molecule has 0 rings (SSSR count). The van der Waals surface area contributed by atoms with Gasteiger partial charge in [0.25, 0.3) is 5.97 Å². The van der Waals surface area contributed by atoms with Gasteiger partial charge in [-0.25, -0.2) is 0 Å². The first-order chi connectivity index (χ1) is 4.46. The molecule has 0 aliphatic heterocycles. The second-order valence-electron chi connectivity index (χ2n) is 1.43. The highest BCUT2D eigenvalue weighted by Crippen LogP contribution is 1.50. The van der Waals surface area contributed by atoms with Crippen molar-refractivity contribution in [2.45, 2.75) is 20.8 Å². The lowest BCUT2D eigenvalue weighted by Crippen LogP contribution is -1.78. The van der Waals surface area contributed by atoms with Crippen molar-refractivity contribution in [1.29, 1.82) is 0 Å². The van der Waals surface area contributed by atoms with E-state index in [1.54, 1.807) is 0 Å². The number of ketones is 1. The minimum absolute atomic E-state index is 0.167. The maximum Gasteiger partial charge on any atom is 0.300 e. The summed E-state index contributed by atoms with van der Waals surface area (Å²) in [6.45, 7) is 4.14. The van der Waals surface area contributed by atoms with Gasteiger partial charge in [0.2, 0.25) is 0 Å². The summed E-state index contributed by atoms with van der Waals surface area (Å²) in [5.41, 5.74) is 0. The van der Waals surface area contributed by atoms with E-state index in [1.807, 2.05) is 0 Å². The molecule has 4 nitrogen and oxygen atoms in total. The van der Waals surface area contributed by atoms with E-state index in [0.717, 1.165) is 14.0 Å². The van der Waals surface area contributed by atoms with E-state index in [-0.39, 0.29) is 5.78 Å². The van der Waals surface area contributed by atoms with Gasteiger partial charge in [-0.3, -0.25) is 4.79 Å². The van der Waals surface area contributed by atoms with Crippen LogP contribution in [0.5, 0.6) is 0 Å². The van der Waals surface area contributed by atoms with Crippen LogP contribution in [0, 0.1) is 0 Å². The first-order valence-electron chi connectivity index (χ1n) is 2.58. The maximum absolute atomic E-state index is 9.44. The Balaban J connectivity index is -0.0000000787. The smallest absolute Gasteiger partial charge is 0.300 e.